The van der Waals surface area contributed by atoms with Gasteiger partial charge in [-0.2, -0.15) is 0 Å². The maximum Gasteiger partial charge on any atom is 0.169 e. The Balaban J connectivity index is 1.66. The largest absolute Gasteiger partial charge is 0.395 e. The van der Waals surface area contributed by atoms with Crippen molar-refractivity contribution in [3.8, 4) is 0 Å². The van der Waals surface area contributed by atoms with Crippen LogP contribution >= 0.6 is 0 Å². The Hall–Kier alpha value is -0.610. The first-order valence-electron chi connectivity index (χ1n) is 5.89. The Morgan fingerprint density at radius 2 is 2.07 bits per heavy atom. The van der Waals surface area contributed by atoms with Crippen molar-refractivity contribution >= 4 is 5.71 Å². The van der Waals surface area contributed by atoms with E-state index in [1.165, 1.54) is 19.3 Å². The predicted molar refractivity (Wildman–Crippen MR) is 54.6 cm³/mol. The van der Waals surface area contributed by atoms with Gasteiger partial charge >= 0.3 is 0 Å². The lowest BCUT2D eigenvalue weighted by atomic mass is 9.94. The van der Waals surface area contributed by atoms with Crippen LogP contribution in [0.1, 0.15) is 38.5 Å². The van der Waals surface area contributed by atoms with E-state index in [0.29, 0.717) is 13.2 Å². The molecule has 0 unspecified atom stereocenters. The van der Waals surface area contributed by atoms with Crippen molar-refractivity contribution in [2.24, 2.45) is 5.16 Å². The van der Waals surface area contributed by atoms with Crippen LogP contribution in [0.25, 0.3) is 0 Å². The Morgan fingerprint density at radius 1 is 1.20 bits per heavy atom. The molecule has 2 aliphatic heterocycles. The Labute approximate surface area is 89.6 Å². The van der Waals surface area contributed by atoms with Gasteiger partial charge < -0.3 is 14.3 Å². The lowest BCUT2D eigenvalue weighted by Crippen LogP contribution is -2.34. The van der Waals surface area contributed by atoms with E-state index in [0.717, 1.165) is 25.0 Å². The fraction of sp³-hybridized carbons (Fsp3) is 0.909. The molecular formula is C11H17NO3. The van der Waals surface area contributed by atoms with E-state index < -0.39 is 0 Å². The topological polar surface area (TPSA) is 40.0 Å². The molecule has 0 amide bonds. The minimum Gasteiger partial charge on any atom is -0.395 e. The standard InChI is InChI=1S/C11H17NO3/c1-2-5-11(6-3-1)13-8-10(15-11)9-4-7-14-12-9/h10H,1-8H2/t10-/m1/s1. The first-order chi connectivity index (χ1) is 7.38. The Bertz CT molecular complexity index is 271. The highest BCUT2D eigenvalue weighted by molar-refractivity contribution is 5.89. The van der Waals surface area contributed by atoms with Gasteiger partial charge in [-0.05, 0) is 12.8 Å². The van der Waals surface area contributed by atoms with Gasteiger partial charge in [-0.25, -0.2) is 0 Å². The van der Waals surface area contributed by atoms with Crippen LogP contribution in [0.5, 0.6) is 0 Å². The van der Waals surface area contributed by atoms with Crippen molar-refractivity contribution < 1.29 is 14.3 Å². The molecule has 0 aromatic rings. The van der Waals surface area contributed by atoms with Crippen LogP contribution in [0.2, 0.25) is 0 Å². The van der Waals surface area contributed by atoms with Gasteiger partial charge in [0.1, 0.15) is 12.7 Å². The second kappa shape index (κ2) is 3.76. The summed E-state index contributed by atoms with van der Waals surface area (Å²) in [6.45, 7) is 1.35. The number of rotatable bonds is 1. The van der Waals surface area contributed by atoms with Crippen molar-refractivity contribution in [1.82, 2.24) is 0 Å². The highest BCUT2D eigenvalue weighted by atomic mass is 16.7. The molecule has 1 aliphatic carbocycles. The fourth-order valence-corrected chi connectivity index (χ4v) is 2.62. The third-order valence-corrected chi connectivity index (χ3v) is 3.47. The van der Waals surface area contributed by atoms with Crippen molar-refractivity contribution in [2.75, 3.05) is 13.2 Å². The zero-order chi connectivity index (χ0) is 10.1. The molecule has 3 rings (SSSR count). The molecule has 1 spiro atoms. The molecule has 4 nitrogen and oxygen atoms in total. The zero-order valence-corrected chi connectivity index (χ0v) is 8.91. The average Bonchev–Trinajstić information content (AvgIpc) is 2.88. The predicted octanol–water partition coefficient (Wildman–Crippen LogP) is 1.84. The van der Waals surface area contributed by atoms with E-state index in [-0.39, 0.29) is 11.9 Å². The normalized spacial score (nSPS) is 34.1. The first-order valence-corrected chi connectivity index (χ1v) is 5.89. The summed E-state index contributed by atoms with van der Waals surface area (Å²) in [5.41, 5.74) is 1.03. The highest BCUT2D eigenvalue weighted by Crippen LogP contribution is 2.38. The van der Waals surface area contributed by atoms with Gasteiger partial charge in [-0.3, -0.25) is 0 Å². The van der Waals surface area contributed by atoms with Crippen molar-refractivity contribution in [2.45, 2.75) is 50.4 Å². The monoisotopic (exact) mass is 211 g/mol. The molecule has 0 aromatic carbocycles. The zero-order valence-electron chi connectivity index (χ0n) is 8.91. The summed E-state index contributed by atoms with van der Waals surface area (Å²) < 4.78 is 11.9. The van der Waals surface area contributed by atoms with Gasteiger partial charge in [0.05, 0.1) is 12.3 Å². The lowest BCUT2D eigenvalue weighted by Gasteiger charge is -2.31. The summed E-state index contributed by atoms with van der Waals surface area (Å²) in [6, 6.07) is 0. The average molecular weight is 211 g/mol. The van der Waals surface area contributed by atoms with Gasteiger partial charge in [0.15, 0.2) is 5.79 Å². The molecule has 0 radical (unpaired) electrons. The molecule has 2 fully saturated rings. The number of hydrogen-bond acceptors (Lipinski definition) is 4. The molecule has 4 heteroatoms. The molecule has 0 aromatic heterocycles. The fourth-order valence-electron chi connectivity index (χ4n) is 2.62. The Morgan fingerprint density at radius 3 is 2.80 bits per heavy atom. The minimum absolute atomic E-state index is 0.0469. The molecule has 3 aliphatic rings. The molecule has 1 saturated heterocycles. The van der Waals surface area contributed by atoms with Gasteiger partial charge in [0.2, 0.25) is 0 Å². The number of nitrogens with zero attached hydrogens (tertiary/aromatic N) is 1. The second-order valence-corrected chi connectivity index (χ2v) is 4.55. The van der Waals surface area contributed by atoms with Crippen molar-refractivity contribution in [1.29, 1.82) is 0 Å². The second-order valence-electron chi connectivity index (χ2n) is 4.55. The van der Waals surface area contributed by atoms with Crippen LogP contribution in [0.15, 0.2) is 5.16 Å². The molecule has 84 valence electrons. The number of hydrogen-bond donors (Lipinski definition) is 0. The molecular weight excluding hydrogens is 194 g/mol. The van der Waals surface area contributed by atoms with Gasteiger partial charge in [0.25, 0.3) is 0 Å². The van der Waals surface area contributed by atoms with Crippen LogP contribution in [0, 0.1) is 0 Å². The molecule has 0 N–H and O–H groups in total. The molecule has 15 heavy (non-hydrogen) atoms. The summed E-state index contributed by atoms with van der Waals surface area (Å²) in [6.07, 6.45) is 6.76. The molecule has 1 saturated carbocycles. The van der Waals surface area contributed by atoms with Crippen LogP contribution in [0.3, 0.4) is 0 Å². The van der Waals surface area contributed by atoms with E-state index in [9.17, 15) is 0 Å². The quantitative estimate of drug-likeness (QED) is 0.664. The van der Waals surface area contributed by atoms with Crippen LogP contribution < -0.4 is 0 Å². The first kappa shape index (κ1) is 9.60. The van der Waals surface area contributed by atoms with Gasteiger partial charge in [-0.1, -0.05) is 11.6 Å². The van der Waals surface area contributed by atoms with E-state index >= 15 is 0 Å². The SMILES string of the molecule is C1CCC2(CC1)OC[C@H](C1=NOCC1)O2. The molecule has 1 atom stereocenters. The van der Waals surface area contributed by atoms with Crippen molar-refractivity contribution in [3.63, 3.8) is 0 Å². The maximum atomic E-state index is 6.04. The molecule has 0 bridgehead atoms. The van der Waals surface area contributed by atoms with Crippen LogP contribution in [0.4, 0.5) is 0 Å². The van der Waals surface area contributed by atoms with Crippen LogP contribution in [-0.4, -0.2) is 30.8 Å². The summed E-state index contributed by atoms with van der Waals surface area (Å²) in [5, 5.41) is 4.01. The number of oxime groups is 1. The summed E-state index contributed by atoms with van der Waals surface area (Å²) in [7, 11) is 0. The van der Waals surface area contributed by atoms with E-state index in [1.807, 2.05) is 0 Å². The Kier molecular flexibility index (Phi) is 2.41. The maximum absolute atomic E-state index is 6.04. The van der Waals surface area contributed by atoms with Gasteiger partial charge in [-0.15, -0.1) is 0 Å². The lowest BCUT2D eigenvalue weighted by molar-refractivity contribution is -0.181. The number of ether oxygens (including phenoxy) is 2. The highest BCUT2D eigenvalue weighted by Gasteiger charge is 2.44. The smallest absolute Gasteiger partial charge is 0.169 e. The summed E-state index contributed by atoms with van der Waals surface area (Å²) in [5.74, 6) is -0.284. The van der Waals surface area contributed by atoms with Gasteiger partial charge in [0, 0.05) is 19.3 Å². The third kappa shape index (κ3) is 1.76. The van der Waals surface area contributed by atoms with E-state index in [4.69, 9.17) is 14.3 Å². The summed E-state index contributed by atoms with van der Waals surface area (Å²) in [4.78, 5) is 5.00. The minimum atomic E-state index is -0.284. The molecule has 2 heterocycles. The third-order valence-electron chi connectivity index (χ3n) is 3.47. The van der Waals surface area contributed by atoms with E-state index in [1.54, 1.807) is 0 Å². The summed E-state index contributed by atoms with van der Waals surface area (Å²) >= 11 is 0. The van der Waals surface area contributed by atoms with Crippen LogP contribution in [-0.2, 0) is 14.3 Å². The van der Waals surface area contributed by atoms with E-state index in [2.05, 4.69) is 5.16 Å². The van der Waals surface area contributed by atoms with Crippen molar-refractivity contribution in [3.05, 3.63) is 0 Å².